The van der Waals surface area contributed by atoms with Gasteiger partial charge in [-0.05, 0) is 0 Å². The van der Waals surface area contributed by atoms with Crippen LogP contribution in [-0.2, 0) is 20.4 Å². The number of hydrogen-bond donors (Lipinski definition) is 0. The van der Waals surface area contributed by atoms with E-state index in [1.807, 2.05) is 0 Å². The van der Waals surface area contributed by atoms with E-state index in [1.165, 1.54) is 76.5 Å². The van der Waals surface area contributed by atoms with Crippen LogP contribution in [0.25, 0.3) is 77.5 Å². The molecule has 0 aromatic heterocycles. The molecule has 0 radical (unpaired) electrons. The van der Waals surface area contributed by atoms with Gasteiger partial charge in [0.2, 0.25) is 0 Å². The van der Waals surface area contributed by atoms with Gasteiger partial charge in [0.05, 0.1) is 0 Å². The van der Waals surface area contributed by atoms with Crippen molar-refractivity contribution in [1.29, 1.82) is 0 Å². The molecule has 0 bridgehead atoms. The molecule has 2 atom stereocenters. The molecule has 2 unspecified atom stereocenters. The van der Waals surface area contributed by atoms with Crippen LogP contribution in [0.2, 0.25) is 13.1 Å². The van der Waals surface area contributed by atoms with Crippen molar-refractivity contribution in [3.05, 3.63) is 179 Å². The molecular weight excluding hydrogens is 720 g/mol. The van der Waals surface area contributed by atoms with Gasteiger partial charge < -0.3 is 0 Å². The average Bonchev–Trinajstić information content (AvgIpc) is 3.68. The number of allylic oxidation sites excluding steroid dienone is 2. The number of benzene rings is 8. The number of fused-ring (bicyclic) bond motifs is 6. The van der Waals surface area contributed by atoms with Gasteiger partial charge in [-0.25, -0.2) is 0 Å². The van der Waals surface area contributed by atoms with E-state index >= 15 is 0 Å². The van der Waals surface area contributed by atoms with Crippen molar-refractivity contribution in [3.8, 4) is 22.3 Å². The van der Waals surface area contributed by atoms with Gasteiger partial charge in [0.15, 0.2) is 0 Å². The number of hydrogen-bond acceptors (Lipinski definition) is 0. The maximum absolute atomic E-state index is 2.63. The van der Waals surface area contributed by atoms with Crippen LogP contribution in [0.4, 0.5) is 0 Å². The molecule has 0 saturated carbocycles. The Bertz CT molecular complexity index is 2710. The fourth-order valence-corrected chi connectivity index (χ4v) is 30.3. The molecule has 248 valence electrons. The van der Waals surface area contributed by atoms with Gasteiger partial charge in [0, 0.05) is 0 Å². The first kappa shape index (κ1) is 32.1. The van der Waals surface area contributed by atoms with E-state index in [9.17, 15) is 0 Å². The van der Waals surface area contributed by atoms with Gasteiger partial charge >= 0.3 is 316 Å². The molecule has 8 aromatic rings. The predicted octanol–water partition coefficient (Wildman–Crippen LogP) is 14.1. The SMILES string of the molecule is CC1=Cc2c(-c3cccc4cc5ccccc5cc34)cccc2[CH]1[Zr]([CH]1C(C)=Cc2c(-c3cccc4cc5ccccc5cc34)cccc21)=[Si](C)C. The van der Waals surface area contributed by atoms with Gasteiger partial charge in [-0.15, -0.1) is 0 Å². The molecule has 52 heavy (non-hydrogen) atoms. The van der Waals surface area contributed by atoms with Crippen LogP contribution in [0.15, 0.2) is 157 Å². The summed E-state index contributed by atoms with van der Waals surface area (Å²) in [5.41, 5.74) is 14.2. The molecule has 2 aliphatic rings. The second-order valence-electron chi connectivity index (χ2n) is 15.2. The summed E-state index contributed by atoms with van der Waals surface area (Å²) < 4.78 is 1.17. The van der Waals surface area contributed by atoms with Crippen LogP contribution in [0.5, 0.6) is 0 Å². The van der Waals surface area contributed by atoms with Crippen molar-refractivity contribution in [2.45, 2.75) is 34.2 Å². The second-order valence-corrected chi connectivity index (χ2v) is 33.0. The standard InChI is InChI=1S/2C24H17.C2H6Si.Zr/c2*1-16-12-19-8-4-10-21(23(19)13-16)22-11-5-9-20-14-17-6-2-3-7-18(17)15-24(20)22;1-3-2;/h2*2-15H,1H3;1-2H3;. The van der Waals surface area contributed by atoms with Crippen molar-refractivity contribution < 1.29 is 20.4 Å². The fourth-order valence-electron chi connectivity index (χ4n) is 9.55. The second kappa shape index (κ2) is 12.5. The molecule has 0 N–H and O–H groups in total. The summed E-state index contributed by atoms with van der Waals surface area (Å²) in [6.45, 7) is 10.2. The summed E-state index contributed by atoms with van der Waals surface area (Å²) in [5.74, 6) is 0. The van der Waals surface area contributed by atoms with Crippen molar-refractivity contribution in [2.75, 3.05) is 0 Å². The molecule has 0 spiro atoms. The molecule has 8 aromatic carbocycles. The maximum atomic E-state index is 2.63. The van der Waals surface area contributed by atoms with Crippen molar-refractivity contribution in [1.82, 2.24) is 0 Å². The van der Waals surface area contributed by atoms with Crippen LogP contribution in [0.1, 0.15) is 43.4 Å². The first-order valence-electron chi connectivity index (χ1n) is 18.6. The Balaban J connectivity index is 1.10. The summed E-state index contributed by atoms with van der Waals surface area (Å²) in [7, 11) is 0. The minimum absolute atomic E-state index is 0.542. The molecular formula is C50H40SiZr. The zero-order valence-corrected chi connectivity index (χ0v) is 33.6. The Morgan fingerprint density at radius 1 is 0.404 bits per heavy atom. The first-order valence-corrected chi connectivity index (χ1v) is 27.6. The first-order chi connectivity index (χ1) is 25.4. The van der Waals surface area contributed by atoms with Gasteiger partial charge in [0.1, 0.15) is 0 Å². The van der Waals surface area contributed by atoms with Crippen LogP contribution in [0.3, 0.4) is 0 Å². The Labute approximate surface area is 314 Å². The monoisotopic (exact) mass is 758 g/mol. The van der Waals surface area contributed by atoms with Crippen LogP contribution >= 0.6 is 0 Å². The van der Waals surface area contributed by atoms with E-state index < -0.39 is 25.8 Å². The van der Waals surface area contributed by atoms with Crippen LogP contribution < -0.4 is 0 Å². The van der Waals surface area contributed by atoms with Crippen molar-refractivity contribution in [2.24, 2.45) is 0 Å². The Hall–Kier alpha value is -4.62. The Morgan fingerprint density at radius 2 is 0.769 bits per heavy atom. The van der Waals surface area contributed by atoms with Crippen LogP contribution in [0, 0.1) is 0 Å². The zero-order valence-electron chi connectivity index (χ0n) is 30.2. The quantitative estimate of drug-likeness (QED) is 0.124. The van der Waals surface area contributed by atoms with E-state index in [1.54, 1.807) is 22.3 Å². The summed E-state index contributed by atoms with van der Waals surface area (Å²) >= 11 is -2.25. The van der Waals surface area contributed by atoms with Gasteiger partial charge in [-0.3, -0.25) is 0 Å². The summed E-state index contributed by atoms with van der Waals surface area (Å²) in [4.78, 5) is 0. The molecule has 0 saturated heterocycles. The molecule has 0 nitrogen and oxygen atoms in total. The van der Waals surface area contributed by atoms with E-state index in [0.29, 0.717) is 7.25 Å². The molecule has 2 heteroatoms. The van der Waals surface area contributed by atoms with Gasteiger partial charge in [0.25, 0.3) is 0 Å². The molecule has 0 aliphatic heterocycles. The molecule has 0 amide bonds. The average molecular weight is 760 g/mol. The molecule has 10 rings (SSSR count). The summed E-state index contributed by atoms with van der Waals surface area (Å²) in [5, 5.41) is 10.5. The molecule has 0 fully saturated rings. The van der Waals surface area contributed by atoms with E-state index in [-0.39, 0.29) is 0 Å². The Kier molecular flexibility index (Phi) is 7.71. The topological polar surface area (TPSA) is 0 Å². The van der Waals surface area contributed by atoms with E-state index in [2.05, 4.69) is 185 Å². The molecule has 2 aliphatic carbocycles. The van der Waals surface area contributed by atoms with Crippen LogP contribution in [-0.4, -0.2) is 5.43 Å². The normalized spacial score (nSPS) is 16.3. The summed E-state index contributed by atoms with van der Waals surface area (Å²) in [6, 6.07) is 55.2. The number of rotatable bonds is 4. The van der Waals surface area contributed by atoms with Gasteiger partial charge in [-0.2, -0.15) is 0 Å². The predicted molar refractivity (Wildman–Crippen MR) is 224 cm³/mol. The third-order valence-corrected chi connectivity index (χ3v) is 31.7. The third-order valence-electron chi connectivity index (χ3n) is 11.8. The summed E-state index contributed by atoms with van der Waals surface area (Å²) in [6.07, 6.45) is 5.15. The van der Waals surface area contributed by atoms with E-state index in [0.717, 1.165) is 0 Å². The van der Waals surface area contributed by atoms with Gasteiger partial charge in [-0.1, -0.05) is 0 Å². The van der Waals surface area contributed by atoms with E-state index in [4.69, 9.17) is 0 Å². The van der Waals surface area contributed by atoms with Crippen molar-refractivity contribution in [3.63, 3.8) is 0 Å². The fraction of sp³-hybridized carbons (Fsp3) is 0.120. The Morgan fingerprint density at radius 3 is 1.19 bits per heavy atom. The van der Waals surface area contributed by atoms with Crippen molar-refractivity contribution >= 4 is 60.7 Å². The minimum atomic E-state index is -2.25. The zero-order chi connectivity index (χ0) is 35.1. The third kappa shape index (κ3) is 5.02. The molecule has 0 heterocycles.